The van der Waals surface area contributed by atoms with Crippen molar-refractivity contribution in [1.82, 2.24) is 0 Å². The van der Waals surface area contributed by atoms with Crippen molar-refractivity contribution in [3.63, 3.8) is 0 Å². The lowest BCUT2D eigenvalue weighted by Crippen LogP contribution is -2.27. The first-order valence-electron chi connectivity index (χ1n) is 8.30. The van der Waals surface area contributed by atoms with Gasteiger partial charge in [-0.15, -0.1) is 0 Å². The summed E-state index contributed by atoms with van der Waals surface area (Å²) in [6, 6.07) is 29.2. The number of methoxy groups -OCH3 is 1. The first-order chi connectivity index (χ1) is 12.3. The molecular formula is C22H21NO2. The molecule has 126 valence electrons. The minimum absolute atomic E-state index is 0.00639. The first-order valence-corrected chi connectivity index (χ1v) is 8.30. The van der Waals surface area contributed by atoms with Gasteiger partial charge in [-0.2, -0.15) is 0 Å². The zero-order chi connectivity index (χ0) is 17.5. The van der Waals surface area contributed by atoms with Gasteiger partial charge in [-0.25, -0.2) is 0 Å². The standard InChI is InChI=1S/C22H21NO2/c1-25-21(18-11-5-2-6-12-18)17-22(24)23(19-13-7-3-8-14-19)20-15-9-4-10-16-20/h2-16,21H,17H2,1H3. The topological polar surface area (TPSA) is 29.5 Å². The highest BCUT2D eigenvalue weighted by Crippen LogP contribution is 2.29. The van der Waals surface area contributed by atoms with Gasteiger partial charge in [0, 0.05) is 18.5 Å². The lowest BCUT2D eigenvalue weighted by molar-refractivity contribution is -0.120. The van der Waals surface area contributed by atoms with Crippen LogP contribution in [0.15, 0.2) is 91.0 Å². The SMILES string of the molecule is COC(CC(=O)N(c1ccccc1)c1ccccc1)c1ccccc1. The Hall–Kier alpha value is -2.91. The van der Waals surface area contributed by atoms with Crippen molar-refractivity contribution < 1.29 is 9.53 Å². The van der Waals surface area contributed by atoms with E-state index in [1.165, 1.54) is 0 Å². The van der Waals surface area contributed by atoms with Crippen LogP contribution in [-0.2, 0) is 9.53 Å². The molecule has 0 radical (unpaired) electrons. The van der Waals surface area contributed by atoms with Crippen LogP contribution < -0.4 is 4.90 Å². The Morgan fingerprint density at radius 1 is 0.800 bits per heavy atom. The molecule has 3 aromatic rings. The average Bonchev–Trinajstić information content (AvgIpc) is 2.69. The van der Waals surface area contributed by atoms with Crippen LogP contribution >= 0.6 is 0 Å². The molecule has 3 nitrogen and oxygen atoms in total. The third-order valence-corrected chi connectivity index (χ3v) is 4.09. The number of benzene rings is 3. The fourth-order valence-corrected chi connectivity index (χ4v) is 2.85. The Balaban J connectivity index is 1.89. The van der Waals surface area contributed by atoms with Crippen LogP contribution in [0.5, 0.6) is 0 Å². The van der Waals surface area contributed by atoms with Crippen molar-refractivity contribution in [2.75, 3.05) is 12.0 Å². The fourth-order valence-electron chi connectivity index (χ4n) is 2.85. The van der Waals surface area contributed by atoms with Crippen LogP contribution in [0.1, 0.15) is 18.1 Å². The lowest BCUT2D eigenvalue weighted by atomic mass is 10.1. The van der Waals surface area contributed by atoms with Gasteiger partial charge >= 0.3 is 0 Å². The summed E-state index contributed by atoms with van der Waals surface area (Å²) in [5, 5.41) is 0. The van der Waals surface area contributed by atoms with Crippen LogP contribution in [0.25, 0.3) is 0 Å². The summed E-state index contributed by atoms with van der Waals surface area (Å²) < 4.78 is 5.58. The zero-order valence-corrected chi connectivity index (χ0v) is 14.2. The van der Waals surface area contributed by atoms with Gasteiger partial charge in [0.05, 0.1) is 12.5 Å². The van der Waals surface area contributed by atoms with E-state index in [0.29, 0.717) is 0 Å². The van der Waals surface area contributed by atoms with Gasteiger partial charge in [-0.3, -0.25) is 9.69 Å². The molecule has 0 saturated carbocycles. The van der Waals surface area contributed by atoms with E-state index in [1.54, 1.807) is 12.0 Å². The molecule has 1 atom stereocenters. The number of anilines is 2. The molecule has 25 heavy (non-hydrogen) atoms. The summed E-state index contributed by atoms with van der Waals surface area (Å²) in [7, 11) is 1.64. The minimum Gasteiger partial charge on any atom is -0.376 e. The van der Waals surface area contributed by atoms with E-state index >= 15 is 0 Å². The summed E-state index contributed by atoms with van der Waals surface area (Å²) in [5.74, 6) is -0.00639. The van der Waals surface area contributed by atoms with Crippen LogP contribution in [0.4, 0.5) is 11.4 Å². The maximum Gasteiger partial charge on any atom is 0.234 e. The quantitative estimate of drug-likeness (QED) is 0.627. The molecule has 0 fully saturated rings. The highest BCUT2D eigenvalue weighted by Gasteiger charge is 2.22. The average molecular weight is 331 g/mol. The molecule has 0 N–H and O–H groups in total. The molecule has 3 aromatic carbocycles. The van der Waals surface area contributed by atoms with E-state index < -0.39 is 0 Å². The smallest absolute Gasteiger partial charge is 0.234 e. The van der Waals surface area contributed by atoms with E-state index in [-0.39, 0.29) is 18.4 Å². The molecular weight excluding hydrogens is 310 g/mol. The number of amides is 1. The molecule has 0 bridgehead atoms. The lowest BCUT2D eigenvalue weighted by Gasteiger charge is -2.25. The molecule has 0 saturated heterocycles. The van der Waals surface area contributed by atoms with Gasteiger partial charge in [-0.05, 0) is 29.8 Å². The van der Waals surface area contributed by atoms with Crippen molar-refractivity contribution in [2.24, 2.45) is 0 Å². The molecule has 0 aliphatic rings. The second kappa shape index (κ2) is 8.27. The van der Waals surface area contributed by atoms with E-state index in [4.69, 9.17) is 4.74 Å². The summed E-state index contributed by atoms with van der Waals surface area (Å²) in [6.45, 7) is 0. The molecule has 1 unspecified atom stereocenters. The molecule has 3 rings (SSSR count). The van der Waals surface area contributed by atoms with Crippen LogP contribution in [-0.4, -0.2) is 13.0 Å². The third kappa shape index (κ3) is 4.14. The predicted molar refractivity (Wildman–Crippen MR) is 101 cm³/mol. The number of carbonyl (C=O) groups is 1. The highest BCUT2D eigenvalue weighted by atomic mass is 16.5. The van der Waals surface area contributed by atoms with Crippen molar-refractivity contribution in [3.05, 3.63) is 96.6 Å². The van der Waals surface area contributed by atoms with E-state index in [9.17, 15) is 4.79 Å². The number of nitrogens with zero attached hydrogens (tertiary/aromatic N) is 1. The van der Waals surface area contributed by atoms with Gasteiger partial charge in [0.25, 0.3) is 0 Å². The monoisotopic (exact) mass is 331 g/mol. The largest absolute Gasteiger partial charge is 0.376 e. The third-order valence-electron chi connectivity index (χ3n) is 4.09. The summed E-state index contributed by atoms with van der Waals surface area (Å²) in [6.07, 6.45) is -0.00627. The Morgan fingerprint density at radius 2 is 1.24 bits per heavy atom. The molecule has 3 heteroatoms. The van der Waals surface area contributed by atoms with Crippen molar-refractivity contribution >= 4 is 17.3 Å². The Kier molecular flexibility index (Phi) is 5.60. The van der Waals surface area contributed by atoms with Gasteiger partial charge in [0.2, 0.25) is 5.91 Å². The van der Waals surface area contributed by atoms with Crippen molar-refractivity contribution in [2.45, 2.75) is 12.5 Å². The number of para-hydroxylation sites is 2. The van der Waals surface area contributed by atoms with E-state index in [1.807, 2.05) is 91.0 Å². The molecule has 0 spiro atoms. The predicted octanol–water partition coefficient (Wildman–Crippen LogP) is 5.13. The number of hydrogen-bond donors (Lipinski definition) is 0. The zero-order valence-electron chi connectivity index (χ0n) is 14.2. The maximum atomic E-state index is 13.1. The molecule has 0 heterocycles. The van der Waals surface area contributed by atoms with E-state index in [0.717, 1.165) is 16.9 Å². The van der Waals surface area contributed by atoms with Gasteiger partial charge < -0.3 is 4.74 Å². The van der Waals surface area contributed by atoms with Crippen molar-refractivity contribution in [1.29, 1.82) is 0 Å². The normalized spacial score (nSPS) is 11.7. The highest BCUT2D eigenvalue weighted by molar-refractivity contribution is 6.00. The number of rotatable bonds is 6. The minimum atomic E-state index is -0.274. The Morgan fingerprint density at radius 3 is 1.68 bits per heavy atom. The summed E-state index contributed by atoms with van der Waals surface area (Å²) >= 11 is 0. The second-order valence-electron chi connectivity index (χ2n) is 5.74. The number of hydrogen-bond acceptors (Lipinski definition) is 2. The van der Waals surface area contributed by atoms with E-state index in [2.05, 4.69) is 0 Å². The van der Waals surface area contributed by atoms with Crippen LogP contribution in [0.2, 0.25) is 0 Å². The Bertz CT molecular complexity index is 749. The summed E-state index contributed by atoms with van der Waals surface area (Å²) in [4.78, 5) is 14.9. The van der Waals surface area contributed by atoms with Gasteiger partial charge in [0.1, 0.15) is 0 Å². The van der Waals surface area contributed by atoms with Crippen LogP contribution in [0, 0.1) is 0 Å². The van der Waals surface area contributed by atoms with Crippen LogP contribution in [0.3, 0.4) is 0 Å². The molecule has 0 aromatic heterocycles. The molecule has 1 amide bonds. The molecule has 0 aliphatic carbocycles. The fraction of sp³-hybridized carbons (Fsp3) is 0.136. The Labute approximate surface area is 148 Å². The first kappa shape index (κ1) is 16.9. The van der Waals surface area contributed by atoms with Gasteiger partial charge in [0.15, 0.2) is 0 Å². The number of carbonyl (C=O) groups excluding carboxylic acids is 1. The summed E-state index contributed by atoms with van der Waals surface area (Å²) in [5.41, 5.74) is 2.70. The molecule has 0 aliphatic heterocycles. The van der Waals surface area contributed by atoms with Crippen molar-refractivity contribution in [3.8, 4) is 0 Å². The maximum absolute atomic E-state index is 13.1. The second-order valence-corrected chi connectivity index (χ2v) is 5.74. The number of ether oxygens (including phenoxy) is 1. The van der Waals surface area contributed by atoms with Gasteiger partial charge in [-0.1, -0.05) is 66.7 Å².